The Hall–Kier alpha value is -4.38. The molecule has 0 amide bonds. The van der Waals surface area contributed by atoms with Gasteiger partial charge in [-0.2, -0.15) is 4.57 Å². The molecule has 280 valence electrons. The highest BCUT2D eigenvalue weighted by molar-refractivity contribution is 8.03. The van der Waals surface area contributed by atoms with Crippen molar-refractivity contribution in [2.45, 2.75) is 23.3 Å². The maximum atomic E-state index is 8.49. The van der Waals surface area contributed by atoms with Gasteiger partial charge < -0.3 is 0 Å². The van der Waals surface area contributed by atoms with Gasteiger partial charge >= 0.3 is 0 Å². The Morgan fingerprint density at radius 3 is 1.20 bits per heavy atom. The summed E-state index contributed by atoms with van der Waals surface area (Å²) in [6.45, 7) is 7.12. The lowest BCUT2D eigenvalue weighted by Gasteiger charge is -2.17. The van der Waals surface area contributed by atoms with Gasteiger partial charge in [-0.05, 0) is 53.4 Å². The minimum absolute atomic E-state index is 0.814. The maximum absolute atomic E-state index is 8.49. The first-order chi connectivity index (χ1) is 25.6. The van der Waals surface area contributed by atoms with Crippen LogP contribution in [-0.4, -0.2) is 0 Å². The summed E-state index contributed by atoms with van der Waals surface area (Å²) in [4.78, 5) is 4.87. The van der Waals surface area contributed by atoms with Crippen LogP contribution in [0, 0.1) is 20.5 Å². The Bertz CT molecular complexity index is 1960. The van der Waals surface area contributed by atoms with E-state index in [1.54, 1.807) is 23.5 Å². The molecule has 0 spiro atoms. The third-order valence-corrected chi connectivity index (χ3v) is 8.54. The van der Waals surface area contributed by atoms with Crippen LogP contribution < -0.4 is 46.4 Å². The molecule has 2 heterocycles. The molecule has 0 radical (unpaired) electrons. The van der Waals surface area contributed by atoms with Crippen LogP contribution in [0.4, 0.5) is 0 Å². The highest BCUT2D eigenvalue weighted by atomic mass is 35.7. The fourth-order valence-corrected chi connectivity index (χ4v) is 6.21. The summed E-state index contributed by atoms with van der Waals surface area (Å²) < 4.78 is 72.2. The van der Waals surface area contributed by atoms with Crippen LogP contribution in [0.1, 0.15) is 6.92 Å². The first-order valence-electron chi connectivity index (χ1n) is 15.8. The predicted octanol–water partition coefficient (Wildman–Crippen LogP) is 0.687. The molecule has 0 aliphatic heterocycles. The van der Waals surface area contributed by atoms with E-state index in [4.69, 9.17) is 37.3 Å². The number of pyridine rings is 2. The molecule has 54 heavy (non-hydrogen) atoms. The van der Waals surface area contributed by atoms with Crippen molar-refractivity contribution in [2.24, 2.45) is 0 Å². The molecule has 0 aliphatic carbocycles. The maximum Gasteiger partial charge on any atom is 0.184 e. The van der Waals surface area contributed by atoms with Gasteiger partial charge in [-0.25, -0.2) is 41.8 Å². The van der Waals surface area contributed by atoms with Gasteiger partial charge in [0.25, 0.3) is 0 Å². The second kappa shape index (κ2) is 22.7. The van der Waals surface area contributed by atoms with Gasteiger partial charge in [0, 0.05) is 39.0 Å². The summed E-state index contributed by atoms with van der Waals surface area (Å²) >= 11 is 3.50. The van der Waals surface area contributed by atoms with Gasteiger partial charge in [0.05, 0.1) is 4.91 Å². The van der Waals surface area contributed by atoms with Gasteiger partial charge in [0.2, 0.25) is 0 Å². The molecule has 0 saturated carbocycles. The molecular weight excluding hydrogens is 771 g/mol. The van der Waals surface area contributed by atoms with Crippen molar-refractivity contribution in [3.8, 4) is 22.3 Å². The van der Waals surface area contributed by atoms with Crippen LogP contribution in [0.3, 0.4) is 0 Å². The third kappa shape index (κ3) is 20.2. The molecule has 0 fully saturated rings. The molecule has 2 aromatic heterocycles. The summed E-state index contributed by atoms with van der Waals surface area (Å²) in [6.07, 6.45) is 10.6. The van der Waals surface area contributed by atoms with E-state index in [1.165, 1.54) is 36.9 Å². The van der Waals surface area contributed by atoms with Crippen LogP contribution in [-0.2, 0) is 6.54 Å². The highest BCUT2D eigenvalue weighted by Gasteiger charge is 2.07. The van der Waals surface area contributed by atoms with E-state index in [-0.39, 0.29) is 0 Å². The second-order valence-electron chi connectivity index (χ2n) is 10.9. The molecule has 6 rings (SSSR count). The van der Waals surface area contributed by atoms with Crippen molar-refractivity contribution < 1.29 is 66.9 Å². The lowest BCUT2D eigenvalue weighted by atomic mass is 10.1. The van der Waals surface area contributed by atoms with Gasteiger partial charge in [0.1, 0.15) is 0 Å². The summed E-state index contributed by atoms with van der Waals surface area (Å²) in [6, 6.07) is 50.2. The smallest absolute Gasteiger partial charge is 0.184 e. The van der Waals surface area contributed by atoms with Crippen molar-refractivity contribution in [3.05, 3.63) is 187 Å². The van der Waals surface area contributed by atoms with Crippen molar-refractivity contribution >= 4 is 29.7 Å². The number of halogens is 2. The minimum atomic E-state index is -4.94. The number of aromatic nitrogens is 2. The van der Waals surface area contributed by atoms with Crippen LogP contribution in [0.15, 0.2) is 197 Å². The van der Waals surface area contributed by atoms with E-state index >= 15 is 0 Å². The first kappa shape index (κ1) is 44.0. The van der Waals surface area contributed by atoms with E-state index in [0.29, 0.717) is 0 Å². The van der Waals surface area contributed by atoms with Crippen molar-refractivity contribution in [2.75, 3.05) is 0 Å². The minimum Gasteiger partial charge on any atom is -0.222 e. The normalized spacial score (nSPS) is 11.1. The quantitative estimate of drug-likeness (QED) is 0.148. The van der Waals surface area contributed by atoms with Crippen molar-refractivity contribution in [1.82, 2.24) is 0 Å². The number of hydrogen-bond acceptors (Lipinski definition) is 10. The van der Waals surface area contributed by atoms with E-state index in [9.17, 15) is 0 Å². The summed E-state index contributed by atoms with van der Waals surface area (Å²) in [5.74, 6) is 0. The lowest BCUT2D eigenvalue weighted by molar-refractivity contribution is -2.00. The Balaban J connectivity index is 0.000000233. The van der Waals surface area contributed by atoms with Crippen LogP contribution >= 0.6 is 23.5 Å². The number of allylic oxidation sites excluding steroid dienone is 2. The monoisotopic (exact) mass is 806 g/mol. The van der Waals surface area contributed by atoms with E-state index in [1.807, 2.05) is 24.3 Å². The van der Waals surface area contributed by atoms with E-state index in [0.717, 1.165) is 11.4 Å². The molecule has 14 heteroatoms. The van der Waals surface area contributed by atoms with E-state index < -0.39 is 20.5 Å². The van der Waals surface area contributed by atoms with E-state index in [2.05, 4.69) is 175 Å². The summed E-state index contributed by atoms with van der Waals surface area (Å²) in [5, 5.41) is 0. The van der Waals surface area contributed by atoms with Gasteiger partial charge in [-0.1, -0.05) is 127 Å². The molecule has 4 aromatic carbocycles. The average Bonchev–Trinajstić information content (AvgIpc) is 3.13. The van der Waals surface area contributed by atoms with Crippen LogP contribution in [0.5, 0.6) is 0 Å². The number of benzene rings is 4. The largest absolute Gasteiger partial charge is 0.222 e. The topological polar surface area (TPSA) is 192 Å². The molecule has 6 aromatic rings. The van der Waals surface area contributed by atoms with Crippen molar-refractivity contribution in [3.63, 3.8) is 0 Å². The number of rotatable bonds is 9. The van der Waals surface area contributed by atoms with Gasteiger partial charge in [-0.3, -0.25) is 0 Å². The number of thioether (sulfide) groups is 2. The number of hydrogen-bond donors (Lipinski definition) is 0. The Labute approximate surface area is 327 Å². The molecule has 0 saturated heterocycles. The summed E-state index contributed by atoms with van der Waals surface area (Å²) in [7, 11) is -9.89. The standard InChI is InChI=1S/2C20H18NS.2ClHO4/c2*1-17(22-20-10-6-3-7-11-20)16-21-14-12-19(13-15-21)18-8-4-2-5-9-18;2*2-1(3,4)5/h2-16H,1H3;2-15H,1,16H2;2*(H,2,3,4,5)/q2*+1;;/p-2/b17-16-;;;. The third-order valence-electron chi connectivity index (χ3n) is 6.68. The van der Waals surface area contributed by atoms with Gasteiger partial charge in [-0.15, -0.1) is 20.5 Å². The number of nitrogens with zero attached hydrogens (tertiary/aromatic N) is 2. The first-order valence-corrected chi connectivity index (χ1v) is 19.9. The molecule has 0 aliphatic rings. The molecule has 0 N–H and O–H groups in total. The predicted molar refractivity (Wildman–Crippen MR) is 188 cm³/mol. The molecule has 0 bridgehead atoms. The summed E-state index contributed by atoms with van der Waals surface area (Å²) in [5.41, 5.74) is 4.96. The zero-order valence-electron chi connectivity index (χ0n) is 28.9. The Morgan fingerprint density at radius 1 is 0.500 bits per heavy atom. The fraction of sp³-hybridized carbons (Fsp3) is 0.0500. The van der Waals surface area contributed by atoms with Crippen LogP contribution in [0.25, 0.3) is 28.5 Å². The fourth-order valence-electron chi connectivity index (χ4n) is 4.53. The Kier molecular flexibility index (Phi) is 18.5. The second-order valence-corrected chi connectivity index (χ2v) is 15.0. The zero-order chi connectivity index (χ0) is 39.4. The Morgan fingerprint density at radius 2 is 0.815 bits per heavy atom. The lowest BCUT2D eigenvalue weighted by Crippen LogP contribution is -2.68. The van der Waals surface area contributed by atoms with Crippen molar-refractivity contribution in [1.29, 1.82) is 0 Å². The SMILES string of the molecule is C/C(=C/[n+]1ccc(-c2ccccc2)cc1)Sc1ccccc1.C=C(C[n+]1ccc(-c2ccccc2)cc1)Sc1ccccc1.[O-][Cl+3]([O-])([O-])[O-].[O-][Cl+3]([O-])([O-])[O-]. The molecule has 0 unspecified atom stereocenters. The average molecular weight is 808 g/mol. The molecule has 0 atom stereocenters. The highest BCUT2D eigenvalue weighted by Crippen LogP contribution is 2.26. The molecule has 10 nitrogen and oxygen atoms in total. The molecular formula is C40H36Cl2N2O8S2. The van der Waals surface area contributed by atoms with Gasteiger partial charge in [0.15, 0.2) is 37.5 Å². The zero-order valence-corrected chi connectivity index (χ0v) is 32.0. The van der Waals surface area contributed by atoms with Crippen LogP contribution in [0.2, 0.25) is 0 Å².